The standard InChI is InChI=1S/C15H15F3N4O2S/c16-15(17,18)14-4-7-25(23,24)11(14)8-22(9-14)13-3-1-2-12(20-13)21-6-5-19-10-21/h1-3,5-6,10-11H,4,7-9H2/t11-,14-/m0/s1. The van der Waals surface area contributed by atoms with Crippen LogP contribution in [0.5, 0.6) is 0 Å². The molecular formula is C15H15F3N4O2S. The summed E-state index contributed by atoms with van der Waals surface area (Å²) in [5.74, 6) is 0.434. The van der Waals surface area contributed by atoms with E-state index in [0.717, 1.165) is 0 Å². The fourth-order valence-corrected chi connectivity index (χ4v) is 6.11. The highest BCUT2D eigenvalue weighted by Crippen LogP contribution is 2.55. The molecule has 10 heteroatoms. The molecule has 25 heavy (non-hydrogen) atoms. The van der Waals surface area contributed by atoms with Crippen LogP contribution in [0.25, 0.3) is 5.82 Å². The van der Waals surface area contributed by atoms with E-state index in [0.29, 0.717) is 11.6 Å². The van der Waals surface area contributed by atoms with Crippen molar-refractivity contribution >= 4 is 15.7 Å². The third-order valence-corrected chi connectivity index (χ3v) is 7.36. The van der Waals surface area contributed by atoms with E-state index in [1.54, 1.807) is 35.2 Å². The first-order valence-corrected chi connectivity index (χ1v) is 9.43. The molecule has 2 saturated heterocycles. The number of hydrogen-bond acceptors (Lipinski definition) is 5. The van der Waals surface area contributed by atoms with Gasteiger partial charge in [-0.05, 0) is 18.6 Å². The zero-order valence-corrected chi connectivity index (χ0v) is 13.8. The maximum absolute atomic E-state index is 13.7. The maximum atomic E-state index is 13.7. The number of sulfone groups is 1. The topological polar surface area (TPSA) is 68.1 Å². The molecule has 0 aromatic carbocycles. The Morgan fingerprint density at radius 1 is 1.24 bits per heavy atom. The molecule has 2 fully saturated rings. The monoisotopic (exact) mass is 372 g/mol. The fourth-order valence-electron chi connectivity index (χ4n) is 3.76. The molecule has 0 aliphatic carbocycles. The van der Waals surface area contributed by atoms with Gasteiger partial charge in [0.1, 0.15) is 23.4 Å². The molecule has 0 radical (unpaired) electrons. The van der Waals surface area contributed by atoms with E-state index in [1.807, 2.05) is 0 Å². The second-order valence-corrected chi connectivity index (χ2v) is 8.77. The lowest BCUT2D eigenvalue weighted by Gasteiger charge is -2.30. The summed E-state index contributed by atoms with van der Waals surface area (Å²) < 4.78 is 67.1. The Kier molecular flexibility index (Phi) is 3.40. The highest BCUT2D eigenvalue weighted by molar-refractivity contribution is 7.92. The van der Waals surface area contributed by atoms with Gasteiger partial charge in [0.25, 0.3) is 0 Å². The molecule has 0 bridgehead atoms. The maximum Gasteiger partial charge on any atom is 0.397 e. The van der Waals surface area contributed by atoms with E-state index in [1.165, 1.54) is 11.2 Å². The molecule has 134 valence electrons. The second kappa shape index (κ2) is 5.20. The minimum Gasteiger partial charge on any atom is -0.354 e. The molecule has 4 heterocycles. The molecular weight excluding hydrogens is 357 g/mol. The molecule has 2 aromatic heterocycles. The summed E-state index contributed by atoms with van der Waals surface area (Å²) in [6, 6.07) is 4.98. The number of alkyl halides is 3. The second-order valence-electron chi connectivity index (χ2n) is 6.46. The smallest absolute Gasteiger partial charge is 0.354 e. The molecule has 0 unspecified atom stereocenters. The fraction of sp³-hybridized carbons (Fsp3) is 0.467. The number of aromatic nitrogens is 3. The van der Waals surface area contributed by atoms with Gasteiger partial charge in [-0.25, -0.2) is 18.4 Å². The molecule has 2 aliphatic heterocycles. The average Bonchev–Trinajstić information content (AvgIpc) is 3.25. The van der Waals surface area contributed by atoms with Crippen molar-refractivity contribution in [1.29, 1.82) is 0 Å². The SMILES string of the molecule is O=S1(=O)CC[C@]2(C(F)(F)F)CN(c3cccc(-n4ccnc4)n3)C[C@@H]21. The van der Waals surface area contributed by atoms with Crippen LogP contribution in [-0.4, -0.2) is 53.2 Å². The van der Waals surface area contributed by atoms with Gasteiger partial charge in [0.05, 0.1) is 11.0 Å². The lowest BCUT2D eigenvalue weighted by Crippen LogP contribution is -2.45. The Balaban J connectivity index is 1.71. The number of imidazole rings is 1. The van der Waals surface area contributed by atoms with Crippen molar-refractivity contribution in [1.82, 2.24) is 14.5 Å². The van der Waals surface area contributed by atoms with Crippen molar-refractivity contribution in [3.8, 4) is 5.82 Å². The van der Waals surface area contributed by atoms with Crippen LogP contribution in [0.3, 0.4) is 0 Å². The predicted octanol–water partition coefficient (Wildman–Crippen LogP) is 1.82. The Hall–Kier alpha value is -2.10. The van der Waals surface area contributed by atoms with E-state index in [2.05, 4.69) is 9.97 Å². The summed E-state index contributed by atoms with van der Waals surface area (Å²) in [7, 11) is -3.76. The summed E-state index contributed by atoms with van der Waals surface area (Å²) >= 11 is 0. The van der Waals surface area contributed by atoms with Crippen LogP contribution >= 0.6 is 0 Å². The van der Waals surface area contributed by atoms with E-state index in [4.69, 9.17) is 0 Å². The van der Waals surface area contributed by atoms with Crippen LogP contribution < -0.4 is 4.90 Å². The number of hydrogen-bond donors (Lipinski definition) is 0. The molecule has 2 aromatic rings. The number of anilines is 1. The zero-order chi connectivity index (χ0) is 17.9. The predicted molar refractivity (Wildman–Crippen MR) is 84.3 cm³/mol. The zero-order valence-electron chi connectivity index (χ0n) is 13.0. The van der Waals surface area contributed by atoms with Crippen molar-refractivity contribution < 1.29 is 21.6 Å². The van der Waals surface area contributed by atoms with Gasteiger partial charge in [0.15, 0.2) is 9.84 Å². The molecule has 6 nitrogen and oxygen atoms in total. The van der Waals surface area contributed by atoms with Gasteiger partial charge in [-0.1, -0.05) is 6.07 Å². The number of rotatable bonds is 2. The Morgan fingerprint density at radius 2 is 2.00 bits per heavy atom. The quantitative estimate of drug-likeness (QED) is 0.805. The molecule has 0 spiro atoms. The summed E-state index contributed by atoms with van der Waals surface area (Å²) in [5, 5.41) is -1.43. The van der Waals surface area contributed by atoms with Crippen molar-refractivity contribution in [3.63, 3.8) is 0 Å². The first kappa shape index (κ1) is 16.4. The van der Waals surface area contributed by atoms with Gasteiger partial charge in [-0.3, -0.25) is 4.57 Å². The van der Waals surface area contributed by atoms with Crippen LogP contribution in [0.2, 0.25) is 0 Å². The normalized spacial score (nSPS) is 28.3. The van der Waals surface area contributed by atoms with Gasteiger partial charge in [0.2, 0.25) is 0 Å². The minimum atomic E-state index is -4.57. The summed E-state index contributed by atoms with van der Waals surface area (Å²) in [5.41, 5.74) is -2.21. The first-order chi connectivity index (χ1) is 11.7. The van der Waals surface area contributed by atoms with Crippen molar-refractivity contribution in [3.05, 3.63) is 36.9 Å². The minimum absolute atomic E-state index is 0.192. The Labute approximate surface area is 142 Å². The van der Waals surface area contributed by atoms with Crippen LogP contribution in [-0.2, 0) is 9.84 Å². The lowest BCUT2D eigenvalue weighted by molar-refractivity contribution is -0.213. The summed E-state index contributed by atoms with van der Waals surface area (Å²) in [4.78, 5) is 9.71. The van der Waals surface area contributed by atoms with Gasteiger partial charge in [-0.2, -0.15) is 13.2 Å². The third kappa shape index (κ3) is 2.42. The average molecular weight is 372 g/mol. The van der Waals surface area contributed by atoms with E-state index < -0.39 is 32.4 Å². The molecule has 0 saturated carbocycles. The molecule has 0 N–H and O–H groups in total. The van der Waals surface area contributed by atoms with E-state index >= 15 is 0 Å². The van der Waals surface area contributed by atoms with E-state index in [-0.39, 0.29) is 19.5 Å². The largest absolute Gasteiger partial charge is 0.397 e. The van der Waals surface area contributed by atoms with Gasteiger partial charge < -0.3 is 4.90 Å². The van der Waals surface area contributed by atoms with Crippen LogP contribution in [0.15, 0.2) is 36.9 Å². The van der Waals surface area contributed by atoms with Crippen molar-refractivity contribution in [2.24, 2.45) is 5.41 Å². The van der Waals surface area contributed by atoms with Crippen LogP contribution in [0, 0.1) is 5.41 Å². The Bertz CT molecular complexity index is 898. The third-order valence-electron chi connectivity index (χ3n) is 5.12. The molecule has 2 aliphatic rings. The van der Waals surface area contributed by atoms with Crippen LogP contribution in [0.4, 0.5) is 19.0 Å². The van der Waals surface area contributed by atoms with Crippen LogP contribution in [0.1, 0.15) is 6.42 Å². The Morgan fingerprint density at radius 3 is 2.64 bits per heavy atom. The number of pyridine rings is 1. The summed E-state index contributed by atoms with van der Waals surface area (Å²) in [6.07, 6.45) is -0.183. The highest BCUT2D eigenvalue weighted by atomic mass is 32.2. The first-order valence-electron chi connectivity index (χ1n) is 7.72. The molecule has 0 amide bonds. The van der Waals surface area contributed by atoms with Gasteiger partial charge >= 0.3 is 6.18 Å². The number of halogens is 3. The van der Waals surface area contributed by atoms with Crippen molar-refractivity contribution in [2.45, 2.75) is 17.8 Å². The lowest BCUT2D eigenvalue weighted by atomic mass is 9.83. The van der Waals surface area contributed by atoms with Crippen molar-refractivity contribution in [2.75, 3.05) is 23.7 Å². The van der Waals surface area contributed by atoms with E-state index in [9.17, 15) is 21.6 Å². The number of fused-ring (bicyclic) bond motifs is 1. The van der Waals surface area contributed by atoms with Gasteiger partial charge in [-0.15, -0.1) is 0 Å². The number of nitrogens with zero attached hydrogens (tertiary/aromatic N) is 4. The molecule has 2 atom stereocenters. The van der Waals surface area contributed by atoms with Gasteiger partial charge in [0, 0.05) is 25.5 Å². The highest BCUT2D eigenvalue weighted by Gasteiger charge is 2.70. The molecule has 4 rings (SSSR count). The summed E-state index contributed by atoms with van der Waals surface area (Å²) in [6.45, 7) is -0.580.